The fourth-order valence-electron chi connectivity index (χ4n) is 3.22. The van der Waals surface area contributed by atoms with Gasteiger partial charge in [-0.15, -0.1) is 0 Å². The van der Waals surface area contributed by atoms with Crippen LogP contribution in [0.25, 0.3) is 6.08 Å². The van der Waals surface area contributed by atoms with E-state index in [1.165, 1.54) is 19.2 Å². The number of para-hydroxylation sites is 1. The molecule has 4 rings (SSSR count). The van der Waals surface area contributed by atoms with Gasteiger partial charge in [-0.1, -0.05) is 29.8 Å². The van der Waals surface area contributed by atoms with Crippen molar-refractivity contribution in [2.75, 3.05) is 14.2 Å². The Labute approximate surface area is 183 Å². The summed E-state index contributed by atoms with van der Waals surface area (Å²) >= 11 is 6.04. The molecule has 1 aliphatic rings. The maximum absolute atomic E-state index is 13.2. The van der Waals surface area contributed by atoms with E-state index in [2.05, 4.69) is 0 Å². The van der Waals surface area contributed by atoms with Crippen molar-refractivity contribution >= 4 is 23.5 Å². The second kappa shape index (κ2) is 8.70. The molecule has 0 spiro atoms. The number of carbonyl (C=O) groups excluding carboxylic acids is 1. The molecule has 0 saturated heterocycles. The summed E-state index contributed by atoms with van der Waals surface area (Å²) in [6, 6.07) is 14.4. The van der Waals surface area contributed by atoms with Gasteiger partial charge in [-0.25, -0.2) is 4.39 Å². The zero-order valence-corrected chi connectivity index (χ0v) is 17.5. The van der Waals surface area contributed by atoms with Crippen LogP contribution >= 0.6 is 11.6 Å². The minimum absolute atomic E-state index is 0.148. The summed E-state index contributed by atoms with van der Waals surface area (Å²) in [5.74, 6) is 1.45. The van der Waals surface area contributed by atoms with Gasteiger partial charge in [-0.2, -0.15) is 0 Å². The predicted octanol–water partition coefficient (Wildman–Crippen LogP) is 5.69. The van der Waals surface area contributed by atoms with Crippen LogP contribution in [0.15, 0.2) is 60.4 Å². The molecular formula is C24H18ClFO5. The summed E-state index contributed by atoms with van der Waals surface area (Å²) in [5, 5.41) is 0.282. The second-order valence-electron chi connectivity index (χ2n) is 6.70. The van der Waals surface area contributed by atoms with E-state index in [0.717, 1.165) is 0 Å². The third-order valence-electron chi connectivity index (χ3n) is 4.77. The SMILES string of the molecule is COc1cccc(/C=C2\Oc3cc(OCc4ccc(F)cc4Cl)ccc3C2=O)c1OC. The average molecular weight is 441 g/mol. The lowest BCUT2D eigenvalue weighted by Gasteiger charge is -2.10. The van der Waals surface area contributed by atoms with Gasteiger partial charge in [-0.3, -0.25) is 4.79 Å². The Bertz CT molecular complexity index is 1190. The van der Waals surface area contributed by atoms with Gasteiger partial charge in [0.1, 0.15) is 23.9 Å². The number of ether oxygens (including phenoxy) is 4. The van der Waals surface area contributed by atoms with Crippen LogP contribution in [0.5, 0.6) is 23.0 Å². The fourth-order valence-corrected chi connectivity index (χ4v) is 3.45. The van der Waals surface area contributed by atoms with Crippen LogP contribution in [-0.4, -0.2) is 20.0 Å². The first-order chi connectivity index (χ1) is 15.0. The van der Waals surface area contributed by atoms with E-state index in [9.17, 15) is 9.18 Å². The van der Waals surface area contributed by atoms with Gasteiger partial charge in [0.05, 0.1) is 24.8 Å². The van der Waals surface area contributed by atoms with E-state index in [0.29, 0.717) is 39.7 Å². The molecule has 1 aliphatic heterocycles. The van der Waals surface area contributed by atoms with Gasteiger partial charge < -0.3 is 18.9 Å². The summed E-state index contributed by atoms with van der Waals surface area (Å²) in [6.07, 6.45) is 1.61. The molecule has 0 aliphatic carbocycles. The Morgan fingerprint density at radius 3 is 2.65 bits per heavy atom. The van der Waals surface area contributed by atoms with E-state index in [1.807, 2.05) is 0 Å². The number of Topliss-reactive ketones (excluding diaryl/α,β-unsaturated/α-hetero) is 1. The van der Waals surface area contributed by atoms with E-state index < -0.39 is 5.82 Å². The number of hydrogen-bond donors (Lipinski definition) is 0. The van der Waals surface area contributed by atoms with Crippen LogP contribution in [0, 0.1) is 5.82 Å². The lowest BCUT2D eigenvalue weighted by atomic mass is 10.1. The van der Waals surface area contributed by atoms with Crippen LogP contribution in [0.1, 0.15) is 21.5 Å². The third kappa shape index (κ3) is 4.20. The first kappa shape index (κ1) is 20.8. The highest BCUT2D eigenvalue weighted by atomic mass is 35.5. The molecule has 31 heavy (non-hydrogen) atoms. The summed E-state index contributed by atoms with van der Waals surface area (Å²) in [5.41, 5.74) is 1.73. The second-order valence-corrected chi connectivity index (χ2v) is 7.11. The van der Waals surface area contributed by atoms with Crippen molar-refractivity contribution in [1.82, 2.24) is 0 Å². The molecule has 5 nitrogen and oxygen atoms in total. The molecule has 7 heteroatoms. The van der Waals surface area contributed by atoms with Gasteiger partial charge in [0.25, 0.3) is 0 Å². The average Bonchev–Trinajstić information content (AvgIpc) is 3.07. The molecular weight excluding hydrogens is 423 g/mol. The van der Waals surface area contributed by atoms with Crippen molar-refractivity contribution in [2.24, 2.45) is 0 Å². The van der Waals surface area contributed by atoms with E-state index >= 15 is 0 Å². The zero-order valence-electron chi connectivity index (χ0n) is 16.8. The minimum Gasteiger partial charge on any atom is -0.493 e. The Morgan fingerprint density at radius 1 is 1.06 bits per heavy atom. The molecule has 0 unspecified atom stereocenters. The van der Waals surface area contributed by atoms with Crippen molar-refractivity contribution in [3.63, 3.8) is 0 Å². The first-order valence-corrected chi connectivity index (χ1v) is 9.74. The summed E-state index contributed by atoms with van der Waals surface area (Å²) in [6.45, 7) is 0.148. The van der Waals surface area contributed by atoms with Crippen LogP contribution in [-0.2, 0) is 6.61 Å². The molecule has 0 saturated carbocycles. The molecule has 1 heterocycles. The molecule has 0 bridgehead atoms. The van der Waals surface area contributed by atoms with E-state index in [4.69, 9.17) is 30.5 Å². The number of methoxy groups -OCH3 is 2. The highest BCUT2D eigenvalue weighted by Crippen LogP contribution is 2.37. The molecule has 0 atom stereocenters. The van der Waals surface area contributed by atoms with Crippen LogP contribution < -0.4 is 18.9 Å². The molecule has 0 radical (unpaired) electrons. The Hall–Kier alpha value is -3.51. The van der Waals surface area contributed by atoms with Gasteiger partial charge in [0.2, 0.25) is 5.78 Å². The maximum atomic E-state index is 13.2. The van der Waals surface area contributed by atoms with E-state index in [-0.39, 0.29) is 23.2 Å². The Balaban J connectivity index is 1.55. The van der Waals surface area contributed by atoms with Crippen molar-refractivity contribution in [3.8, 4) is 23.0 Å². The molecule has 3 aromatic rings. The third-order valence-corrected chi connectivity index (χ3v) is 5.12. The zero-order chi connectivity index (χ0) is 22.0. The van der Waals surface area contributed by atoms with Gasteiger partial charge in [0, 0.05) is 17.2 Å². The Morgan fingerprint density at radius 2 is 1.90 bits per heavy atom. The fraction of sp³-hybridized carbons (Fsp3) is 0.125. The Kier molecular flexibility index (Phi) is 5.82. The quantitative estimate of drug-likeness (QED) is 0.461. The summed E-state index contributed by atoms with van der Waals surface area (Å²) in [4.78, 5) is 12.8. The minimum atomic E-state index is -0.412. The summed E-state index contributed by atoms with van der Waals surface area (Å²) < 4.78 is 35.4. The number of halogens is 2. The van der Waals surface area contributed by atoms with Crippen LogP contribution in [0.2, 0.25) is 5.02 Å². The highest BCUT2D eigenvalue weighted by molar-refractivity contribution is 6.31. The number of fused-ring (bicyclic) bond motifs is 1. The van der Waals surface area contributed by atoms with Crippen molar-refractivity contribution < 1.29 is 28.1 Å². The topological polar surface area (TPSA) is 54.0 Å². The van der Waals surface area contributed by atoms with Crippen molar-refractivity contribution in [1.29, 1.82) is 0 Å². The van der Waals surface area contributed by atoms with Crippen molar-refractivity contribution in [3.05, 3.63) is 87.9 Å². The number of hydrogen-bond acceptors (Lipinski definition) is 5. The molecule has 0 amide bonds. The number of rotatable bonds is 6. The number of carbonyl (C=O) groups is 1. The molecule has 158 valence electrons. The molecule has 3 aromatic carbocycles. The lowest BCUT2D eigenvalue weighted by Crippen LogP contribution is -1.99. The number of allylic oxidation sites excluding steroid dienone is 1. The molecule has 0 aromatic heterocycles. The number of ketones is 1. The summed E-state index contributed by atoms with van der Waals surface area (Å²) in [7, 11) is 3.07. The lowest BCUT2D eigenvalue weighted by molar-refractivity contribution is 0.101. The highest BCUT2D eigenvalue weighted by Gasteiger charge is 2.28. The monoisotopic (exact) mass is 440 g/mol. The number of benzene rings is 3. The largest absolute Gasteiger partial charge is 0.493 e. The smallest absolute Gasteiger partial charge is 0.231 e. The molecule has 0 N–H and O–H groups in total. The normalized spacial score (nSPS) is 13.7. The predicted molar refractivity (Wildman–Crippen MR) is 115 cm³/mol. The standard InChI is InChI=1S/C24H18ClFO5/c1-28-20-5-3-4-14(24(20)29-2)10-22-23(27)18-9-8-17(12-21(18)31-22)30-13-15-6-7-16(26)11-19(15)25/h3-12H,13H2,1-2H3/b22-10-. The maximum Gasteiger partial charge on any atom is 0.231 e. The van der Waals surface area contributed by atoms with Gasteiger partial charge in [0.15, 0.2) is 17.3 Å². The van der Waals surface area contributed by atoms with Crippen LogP contribution in [0.3, 0.4) is 0 Å². The van der Waals surface area contributed by atoms with Crippen LogP contribution in [0.4, 0.5) is 4.39 Å². The van der Waals surface area contributed by atoms with Gasteiger partial charge in [-0.05, 0) is 36.4 Å². The molecule has 0 fully saturated rings. The first-order valence-electron chi connectivity index (χ1n) is 9.36. The van der Waals surface area contributed by atoms with Crippen molar-refractivity contribution in [2.45, 2.75) is 6.61 Å². The van der Waals surface area contributed by atoms with Gasteiger partial charge >= 0.3 is 0 Å². The van der Waals surface area contributed by atoms with E-state index in [1.54, 1.807) is 55.7 Å².